The van der Waals surface area contributed by atoms with Crippen molar-refractivity contribution in [3.63, 3.8) is 0 Å². The summed E-state index contributed by atoms with van der Waals surface area (Å²) < 4.78 is 0. The summed E-state index contributed by atoms with van der Waals surface area (Å²) in [6.07, 6.45) is 2.40. The lowest BCUT2D eigenvalue weighted by molar-refractivity contribution is 0.761. The summed E-state index contributed by atoms with van der Waals surface area (Å²) in [5.74, 6) is 0. The first-order chi connectivity index (χ1) is 8.34. The molecular weight excluding hydrogens is 206 g/mol. The fourth-order valence-corrected chi connectivity index (χ4v) is 2.63. The molecular formula is C16H17N. The lowest BCUT2D eigenvalue weighted by atomic mass is 10.1. The van der Waals surface area contributed by atoms with Crippen LogP contribution in [0.2, 0.25) is 0 Å². The van der Waals surface area contributed by atoms with Crippen LogP contribution in [0.1, 0.15) is 29.2 Å². The Balaban J connectivity index is 1.87. The number of aryl methyl sites for hydroxylation is 2. The van der Waals surface area contributed by atoms with Crippen LogP contribution in [0.15, 0.2) is 48.5 Å². The molecule has 0 aliphatic heterocycles. The topological polar surface area (TPSA) is 12.0 Å². The molecule has 0 radical (unpaired) electrons. The van der Waals surface area contributed by atoms with E-state index in [0.29, 0.717) is 6.04 Å². The lowest BCUT2D eigenvalue weighted by Crippen LogP contribution is -2.07. The number of hydrogen-bond acceptors (Lipinski definition) is 1. The minimum absolute atomic E-state index is 0.479. The van der Waals surface area contributed by atoms with Gasteiger partial charge in [-0.25, -0.2) is 0 Å². The summed E-state index contributed by atoms with van der Waals surface area (Å²) in [4.78, 5) is 0. The predicted molar refractivity (Wildman–Crippen MR) is 72.3 cm³/mol. The van der Waals surface area contributed by atoms with Crippen LogP contribution in [0.5, 0.6) is 0 Å². The van der Waals surface area contributed by atoms with Crippen LogP contribution in [0.25, 0.3) is 0 Å². The summed E-state index contributed by atoms with van der Waals surface area (Å²) in [7, 11) is 0. The van der Waals surface area contributed by atoms with Gasteiger partial charge < -0.3 is 5.32 Å². The molecule has 1 nitrogen and oxygen atoms in total. The summed E-state index contributed by atoms with van der Waals surface area (Å²) in [6, 6.07) is 17.7. The summed E-state index contributed by atoms with van der Waals surface area (Å²) in [5.41, 5.74) is 5.54. The third kappa shape index (κ3) is 1.93. The van der Waals surface area contributed by atoms with Gasteiger partial charge in [-0.15, -0.1) is 0 Å². The largest absolute Gasteiger partial charge is 0.378 e. The highest BCUT2D eigenvalue weighted by molar-refractivity contribution is 5.53. The van der Waals surface area contributed by atoms with Gasteiger partial charge in [0.1, 0.15) is 0 Å². The molecule has 0 heterocycles. The van der Waals surface area contributed by atoms with E-state index in [1.807, 2.05) is 0 Å². The second-order valence-electron chi connectivity index (χ2n) is 4.75. The minimum atomic E-state index is 0.479. The van der Waals surface area contributed by atoms with Crippen LogP contribution < -0.4 is 5.32 Å². The molecule has 0 saturated carbocycles. The molecule has 2 aromatic rings. The Kier molecular flexibility index (Phi) is 2.60. The lowest BCUT2D eigenvalue weighted by Gasteiger charge is -2.17. The maximum Gasteiger partial charge on any atom is 0.0519 e. The van der Waals surface area contributed by atoms with E-state index < -0.39 is 0 Å². The number of hydrogen-bond donors (Lipinski definition) is 1. The van der Waals surface area contributed by atoms with Crippen molar-refractivity contribution in [1.82, 2.24) is 0 Å². The highest BCUT2D eigenvalue weighted by atomic mass is 14.9. The van der Waals surface area contributed by atoms with E-state index in [9.17, 15) is 0 Å². The quantitative estimate of drug-likeness (QED) is 0.808. The summed E-state index contributed by atoms with van der Waals surface area (Å²) in [5, 5.41) is 3.67. The zero-order valence-electron chi connectivity index (χ0n) is 10.1. The van der Waals surface area contributed by atoms with Crippen molar-refractivity contribution in [3.05, 3.63) is 65.2 Å². The molecule has 3 rings (SSSR count). The molecule has 1 aliphatic rings. The summed E-state index contributed by atoms with van der Waals surface area (Å²) in [6.45, 7) is 2.16. The van der Waals surface area contributed by atoms with Gasteiger partial charge in [0.25, 0.3) is 0 Å². The molecule has 1 unspecified atom stereocenters. The molecule has 0 bridgehead atoms. The maximum atomic E-state index is 3.67. The molecule has 17 heavy (non-hydrogen) atoms. The van der Waals surface area contributed by atoms with Gasteiger partial charge in [0, 0.05) is 5.69 Å². The molecule has 1 heteroatoms. The summed E-state index contributed by atoms with van der Waals surface area (Å²) >= 11 is 0. The van der Waals surface area contributed by atoms with Crippen LogP contribution in [-0.4, -0.2) is 0 Å². The van der Waals surface area contributed by atoms with Crippen LogP contribution >= 0.6 is 0 Å². The van der Waals surface area contributed by atoms with E-state index in [2.05, 4.69) is 60.8 Å². The van der Waals surface area contributed by atoms with Gasteiger partial charge in [-0.05, 0) is 42.5 Å². The van der Waals surface area contributed by atoms with Gasteiger partial charge in [0.2, 0.25) is 0 Å². The predicted octanol–water partition coefficient (Wildman–Crippen LogP) is 4.09. The van der Waals surface area contributed by atoms with Crippen molar-refractivity contribution in [2.45, 2.75) is 25.8 Å². The van der Waals surface area contributed by atoms with Crippen LogP contribution in [-0.2, 0) is 6.42 Å². The van der Waals surface area contributed by atoms with E-state index in [-0.39, 0.29) is 0 Å². The minimum Gasteiger partial charge on any atom is -0.378 e. The monoisotopic (exact) mass is 223 g/mol. The Morgan fingerprint density at radius 1 is 1.00 bits per heavy atom. The molecule has 0 aromatic heterocycles. The van der Waals surface area contributed by atoms with E-state index >= 15 is 0 Å². The number of nitrogens with one attached hydrogen (secondary N) is 1. The Morgan fingerprint density at radius 2 is 1.76 bits per heavy atom. The number of rotatable bonds is 2. The van der Waals surface area contributed by atoms with E-state index in [1.165, 1.54) is 35.2 Å². The molecule has 0 fully saturated rings. The molecule has 0 amide bonds. The molecule has 1 aliphatic carbocycles. The van der Waals surface area contributed by atoms with Gasteiger partial charge in [-0.3, -0.25) is 0 Å². The van der Waals surface area contributed by atoms with Gasteiger partial charge in [-0.1, -0.05) is 42.5 Å². The number of para-hydroxylation sites is 1. The first-order valence-corrected chi connectivity index (χ1v) is 6.24. The maximum absolute atomic E-state index is 3.67. The first-order valence-electron chi connectivity index (χ1n) is 6.24. The van der Waals surface area contributed by atoms with Gasteiger partial charge in [0.15, 0.2) is 0 Å². The molecule has 0 spiro atoms. The smallest absolute Gasteiger partial charge is 0.0519 e. The Bertz CT molecular complexity index is 531. The SMILES string of the molecule is Cc1ccccc1NC1CCc2ccccc21. The fraction of sp³-hybridized carbons (Fsp3) is 0.250. The zero-order chi connectivity index (χ0) is 11.7. The Morgan fingerprint density at radius 3 is 2.65 bits per heavy atom. The molecule has 2 aromatic carbocycles. The average Bonchev–Trinajstić information content (AvgIpc) is 2.76. The number of anilines is 1. The number of benzene rings is 2. The second kappa shape index (κ2) is 4.25. The highest BCUT2D eigenvalue weighted by Gasteiger charge is 2.21. The zero-order valence-corrected chi connectivity index (χ0v) is 10.1. The molecule has 1 atom stereocenters. The van der Waals surface area contributed by atoms with Crippen molar-refractivity contribution in [2.24, 2.45) is 0 Å². The van der Waals surface area contributed by atoms with E-state index in [1.54, 1.807) is 0 Å². The Labute approximate surface area is 102 Å². The third-order valence-electron chi connectivity index (χ3n) is 3.61. The van der Waals surface area contributed by atoms with Crippen molar-refractivity contribution < 1.29 is 0 Å². The first kappa shape index (κ1) is 10.4. The number of fused-ring (bicyclic) bond motifs is 1. The van der Waals surface area contributed by atoms with E-state index in [4.69, 9.17) is 0 Å². The van der Waals surface area contributed by atoms with E-state index in [0.717, 1.165) is 0 Å². The average molecular weight is 223 g/mol. The van der Waals surface area contributed by atoms with Gasteiger partial charge in [-0.2, -0.15) is 0 Å². The van der Waals surface area contributed by atoms with Crippen LogP contribution in [0.3, 0.4) is 0 Å². The fourth-order valence-electron chi connectivity index (χ4n) is 2.63. The van der Waals surface area contributed by atoms with Crippen LogP contribution in [0, 0.1) is 6.92 Å². The molecule has 1 N–H and O–H groups in total. The Hall–Kier alpha value is -1.76. The van der Waals surface area contributed by atoms with Crippen molar-refractivity contribution in [3.8, 4) is 0 Å². The van der Waals surface area contributed by atoms with Crippen molar-refractivity contribution in [1.29, 1.82) is 0 Å². The van der Waals surface area contributed by atoms with Crippen molar-refractivity contribution in [2.75, 3.05) is 5.32 Å². The third-order valence-corrected chi connectivity index (χ3v) is 3.61. The molecule has 86 valence electrons. The van der Waals surface area contributed by atoms with Gasteiger partial charge >= 0.3 is 0 Å². The standard InChI is InChI=1S/C16H17N/c1-12-6-2-5-9-15(12)17-16-11-10-13-7-3-4-8-14(13)16/h2-9,16-17H,10-11H2,1H3. The molecule has 0 saturated heterocycles. The second-order valence-corrected chi connectivity index (χ2v) is 4.75. The normalized spacial score (nSPS) is 17.8. The van der Waals surface area contributed by atoms with Crippen molar-refractivity contribution >= 4 is 5.69 Å². The van der Waals surface area contributed by atoms with Crippen LogP contribution in [0.4, 0.5) is 5.69 Å². The highest BCUT2D eigenvalue weighted by Crippen LogP contribution is 2.34. The van der Waals surface area contributed by atoms with Gasteiger partial charge in [0.05, 0.1) is 6.04 Å².